The van der Waals surface area contributed by atoms with E-state index in [4.69, 9.17) is 0 Å². The average molecular weight is 407 g/mol. The minimum Gasteiger partial charge on any atom is -0.318 e. The van der Waals surface area contributed by atoms with Gasteiger partial charge in [0.25, 0.3) is 5.56 Å². The first kappa shape index (κ1) is 19.2. The van der Waals surface area contributed by atoms with Crippen molar-refractivity contribution < 1.29 is 4.79 Å². The summed E-state index contributed by atoms with van der Waals surface area (Å²) in [6.45, 7) is 8.12. The fourth-order valence-electron chi connectivity index (χ4n) is 3.41. The molecule has 3 aromatic heterocycles. The van der Waals surface area contributed by atoms with Crippen molar-refractivity contribution in [3.8, 4) is 5.69 Å². The van der Waals surface area contributed by atoms with E-state index in [9.17, 15) is 9.59 Å². The molecule has 4 rings (SSSR count). The van der Waals surface area contributed by atoms with Gasteiger partial charge in [-0.3, -0.25) is 14.7 Å². The van der Waals surface area contributed by atoms with Gasteiger partial charge in [-0.1, -0.05) is 17.8 Å². The minimum atomic E-state index is -0.272. The van der Waals surface area contributed by atoms with E-state index in [1.165, 1.54) is 29.1 Å². The summed E-state index contributed by atoms with van der Waals surface area (Å²) in [5.74, 6) is 0.172. The molecule has 1 aromatic carbocycles. The number of nitrogens with zero attached hydrogens (tertiary/aromatic N) is 3. The number of aromatic nitrogens is 5. The second-order valence-electron chi connectivity index (χ2n) is 7.10. The van der Waals surface area contributed by atoms with Crippen LogP contribution in [0.3, 0.4) is 0 Å². The van der Waals surface area contributed by atoms with Gasteiger partial charge in [0.2, 0.25) is 0 Å². The zero-order valence-electron chi connectivity index (χ0n) is 16.7. The molecule has 0 fully saturated rings. The number of thioether (sulfide) groups is 1. The highest BCUT2D eigenvalue weighted by atomic mass is 32.2. The number of hydrogen-bond acceptors (Lipinski definition) is 5. The second kappa shape index (κ2) is 7.36. The molecule has 0 saturated heterocycles. The van der Waals surface area contributed by atoms with Crippen LogP contribution in [-0.4, -0.2) is 36.3 Å². The van der Waals surface area contributed by atoms with E-state index in [0.717, 1.165) is 17.1 Å². The third-order valence-electron chi connectivity index (χ3n) is 5.12. The van der Waals surface area contributed by atoms with Crippen LogP contribution in [0.5, 0.6) is 0 Å². The molecule has 0 aliphatic heterocycles. The summed E-state index contributed by atoms with van der Waals surface area (Å²) < 4.78 is 2.10. The van der Waals surface area contributed by atoms with Gasteiger partial charge in [-0.2, -0.15) is 5.10 Å². The molecule has 0 bridgehead atoms. The van der Waals surface area contributed by atoms with E-state index in [1.54, 1.807) is 0 Å². The number of benzene rings is 1. The molecule has 0 spiro atoms. The lowest BCUT2D eigenvalue weighted by atomic mass is 10.1. The lowest BCUT2D eigenvalue weighted by molar-refractivity contribution is 0.102. The van der Waals surface area contributed by atoms with E-state index < -0.39 is 0 Å². The van der Waals surface area contributed by atoms with Crippen molar-refractivity contribution in [1.29, 1.82) is 0 Å². The maximum Gasteiger partial charge on any atom is 0.262 e. The van der Waals surface area contributed by atoms with Crippen LogP contribution in [0, 0.1) is 27.7 Å². The smallest absolute Gasteiger partial charge is 0.262 e. The van der Waals surface area contributed by atoms with Crippen molar-refractivity contribution in [3.63, 3.8) is 0 Å². The van der Waals surface area contributed by atoms with E-state index in [2.05, 4.69) is 56.8 Å². The largest absolute Gasteiger partial charge is 0.318 e. The number of rotatable bonds is 5. The average Bonchev–Trinajstić information content (AvgIpc) is 3.27. The van der Waals surface area contributed by atoms with Crippen LogP contribution in [0.4, 0.5) is 0 Å². The van der Waals surface area contributed by atoms with Gasteiger partial charge >= 0.3 is 0 Å². The van der Waals surface area contributed by atoms with E-state index >= 15 is 0 Å². The number of ketones is 1. The van der Waals surface area contributed by atoms with Gasteiger partial charge in [0.1, 0.15) is 5.39 Å². The van der Waals surface area contributed by atoms with Gasteiger partial charge in [0.05, 0.1) is 11.9 Å². The predicted octanol–water partition coefficient (Wildman–Crippen LogP) is 3.65. The van der Waals surface area contributed by atoms with Crippen molar-refractivity contribution in [2.24, 2.45) is 0 Å². The van der Waals surface area contributed by atoms with Crippen LogP contribution in [0.15, 0.2) is 40.4 Å². The molecule has 3 heterocycles. The van der Waals surface area contributed by atoms with E-state index in [1.807, 2.05) is 19.9 Å². The van der Waals surface area contributed by atoms with Crippen LogP contribution in [0.2, 0.25) is 0 Å². The number of fused-ring (bicyclic) bond motifs is 1. The fourth-order valence-corrected chi connectivity index (χ4v) is 4.16. The van der Waals surface area contributed by atoms with Gasteiger partial charge in [-0.25, -0.2) is 4.98 Å². The molecule has 2 N–H and O–H groups in total. The van der Waals surface area contributed by atoms with Gasteiger partial charge in [-0.15, -0.1) is 0 Å². The van der Waals surface area contributed by atoms with Gasteiger partial charge in [0.15, 0.2) is 16.6 Å². The molecule has 7 nitrogen and oxygen atoms in total. The normalized spacial score (nSPS) is 11.3. The molecule has 148 valence electrons. The Morgan fingerprint density at radius 1 is 1.14 bits per heavy atom. The number of carbonyl (C=O) groups excluding carboxylic acids is 1. The van der Waals surface area contributed by atoms with E-state index in [-0.39, 0.29) is 17.1 Å². The molecule has 0 aliphatic carbocycles. The predicted molar refractivity (Wildman–Crippen MR) is 114 cm³/mol. The highest BCUT2D eigenvalue weighted by Gasteiger charge is 2.18. The first-order chi connectivity index (χ1) is 13.8. The zero-order chi connectivity index (χ0) is 20.7. The Bertz CT molecular complexity index is 1300. The summed E-state index contributed by atoms with van der Waals surface area (Å²) in [7, 11) is 0. The fraction of sp³-hybridized carbons (Fsp3) is 0.238. The molecule has 4 aromatic rings. The highest BCUT2D eigenvalue weighted by molar-refractivity contribution is 7.99. The maximum atomic E-state index is 12.9. The quantitative estimate of drug-likeness (QED) is 0.299. The first-order valence-corrected chi connectivity index (χ1v) is 10.2. The molecular weight excluding hydrogens is 386 g/mol. The number of nitrogens with one attached hydrogen (secondary N) is 2. The van der Waals surface area contributed by atoms with Crippen molar-refractivity contribution in [2.45, 2.75) is 32.9 Å². The summed E-state index contributed by atoms with van der Waals surface area (Å²) in [5, 5.41) is 7.30. The Labute approximate surface area is 171 Å². The Morgan fingerprint density at radius 2 is 1.93 bits per heavy atom. The number of hydrogen-bond donors (Lipinski definition) is 2. The molecule has 0 saturated carbocycles. The standard InChI is InChI=1S/C21H21N5O2S/c1-11-5-6-15(7-12(11)2)26-13(3)8-16(14(26)4)18(27)10-29-21-23-19-17(9-22-25-19)20(28)24-21/h5-9H,10H2,1-4H3,(H2,22,23,24,25,28). The first-order valence-electron chi connectivity index (χ1n) is 9.21. The minimum absolute atomic E-state index is 0.00876. The molecule has 0 radical (unpaired) electrons. The maximum absolute atomic E-state index is 12.9. The Balaban J connectivity index is 1.58. The highest BCUT2D eigenvalue weighted by Crippen LogP contribution is 2.24. The zero-order valence-corrected chi connectivity index (χ0v) is 17.5. The molecule has 0 aliphatic rings. The molecular formula is C21H21N5O2S. The lowest BCUT2D eigenvalue weighted by Crippen LogP contribution is -2.10. The van der Waals surface area contributed by atoms with Gasteiger partial charge in [0, 0.05) is 22.6 Å². The van der Waals surface area contributed by atoms with Crippen molar-refractivity contribution in [3.05, 3.63) is 68.9 Å². The Kier molecular flexibility index (Phi) is 4.87. The van der Waals surface area contributed by atoms with Crippen molar-refractivity contribution in [2.75, 3.05) is 5.75 Å². The van der Waals surface area contributed by atoms with Crippen LogP contribution in [-0.2, 0) is 0 Å². The number of H-pyrrole nitrogens is 2. The third-order valence-corrected chi connectivity index (χ3v) is 5.99. The topological polar surface area (TPSA) is 96.4 Å². The van der Waals surface area contributed by atoms with Crippen LogP contribution < -0.4 is 5.56 Å². The monoisotopic (exact) mass is 407 g/mol. The number of aryl methyl sites for hydroxylation is 3. The van der Waals surface area contributed by atoms with Crippen molar-refractivity contribution >= 4 is 28.6 Å². The van der Waals surface area contributed by atoms with E-state index in [0.29, 0.717) is 21.8 Å². The van der Waals surface area contributed by atoms with Crippen molar-refractivity contribution in [1.82, 2.24) is 24.7 Å². The summed E-state index contributed by atoms with van der Waals surface area (Å²) in [6, 6.07) is 8.21. The second-order valence-corrected chi connectivity index (χ2v) is 8.07. The van der Waals surface area contributed by atoms with Crippen LogP contribution in [0.25, 0.3) is 16.7 Å². The van der Waals surface area contributed by atoms with Gasteiger partial charge < -0.3 is 9.55 Å². The molecule has 0 atom stereocenters. The van der Waals surface area contributed by atoms with Gasteiger partial charge in [-0.05, 0) is 57.0 Å². The van der Waals surface area contributed by atoms with Crippen LogP contribution in [0.1, 0.15) is 32.9 Å². The molecule has 0 amide bonds. The summed E-state index contributed by atoms with van der Waals surface area (Å²) in [4.78, 5) is 31.9. The third kappa shape index (κ3) is 3.51. The summed E-state index contributed by atoms with van der Waals surface area (Å²) >= 11 is 1.21. The molecule has 29 heavy (non-hydrogen) atoms. The SMILES string of the molecule is Cc1ccc(-n2c(C)cc(C(=O)CSc3nc4[nH]ncc4c(=O)[nH]3)c2C)cc1C. The Hall–Kier alpha value is -3.13. The number of carbonyl (C=O) groups is 1. The lowest BCUT2D eigenvalue weighted by Gasteiger charge is -2.12. The molecule has 8 heteroatoms. The Morgan fingerprint density at radius 3 is 2.69 bits per heavy atom. The summed E-state index contributed by atoms with van der Waals surface area (Å²) in [5.41, 5.74) is 6.22. The number of Topliss-reactive ketones (excluding diaryl/α,β-unsaturated/α-hetero) is 1. The number of aromatic amines is 2. The molecule has 0 unspecified atom stereocenters. The summed E-state index contributed by atoms with van der Waals surface area (Å²) in [6.07, 6.45) is 1.43. The van der Waals surface area contributed by atoms with Crippen LogP contribution >= 0.6 is 11.8 Å².